The molecule has 0 bridgehead atoms. The smallest absolute Gasteiger partial charge is 0.274 e. The number of para-hydroxylation sites is 1. The molecule has 2 rings (SSSR count). The third-order valence-electron chi connectivity index (χ3n) is 3.29. The molecule has 0 aliphatic heterocycles. The van der Waals surface area contributed by atoms with Gasteiger partial charge in [-0.3, -0.25) is 4.79 Å². The summed E-state index contributed by atoms with van der Waals surface area (Å²) in [7, 11) is 0. The van der Waals surface area contributed by atoms with Crippen LogP contribution in [0.15, 0.2) is 41.2 Å². The van der Waals surface area contributed by atoms with Crippen molar-refractivity contribution in [3.63, 3.8) is 0 Å². The number of hydrogen-bond donors (Lipinski definition) is 1. The predicted molar refractivity (Wildman–Crippen MR) is 86.7 cm³/mol. The highest BCUT2D eigenvalue weighted by Crippen LogP contribution is 2.30. The van der Waals surface area contributed by atoms with Gasteiger partial charge in [-0.2, -0.15) is 0 Å². The Labute approximate surface area is 125 Å². The second-order valence-corrected chi connectivity index (χ2v) is 5.29. The highest BCUT2D eigenvalue weighted by molar-refractivity contribution is 5.68. The molecular formula is C17H22N2O2. The lowest BCUT2D eigenvalue weighted by atomic mass is 10.1. The summed E-state index contributed by atoms with van der Waals surface area (Å²) < 4.78 is 7.51. The van der Waals surface area contributed by atoms with Crippen LogP contribution < -0.4 is 16.0 Å². The van der Waals surface area contributed by atoms with Crippen LogP contribution in [0.2, 0.25) is 0 Å². The molecule has 0 aliphatic rings. The first-order valence-electron chi connectivity index (χ1n) is 7.29. The number of benzene rings is 1. The van der Waals surface area contributed by atoms with Gasteiger partial charge in [-0.1, -0.05) is 19.1 Å². The third-order valence-corrected chi connectivity index (χ3v) is 3.29. The SMILES string of the molecule is CCCOc1ccccc1-c1ccc(N)c(=O)n1C(C)C. The Morgan fingerprint density at radius 2 is 1.90 bits per heavy atom. The van der Waals surface area contributed by atoms with Crippen LogP contribution in [-0.4, -0.2) is 11.2 Å². The van der Waals surface area contributed by atoms with E-state index in [0.717, 1.165) is 23.4 Å². The highest BCUT2D eigenvalue weighted by atomic mass is 16.5. The summed E-state index contributed by atoms with van der Waals surface area (Å²) in [5, 5.41) is 0. The average molecular weight is 286 g/mol. The number of pyridine rings is 1. The summed E-state index contributed by atoms with van der Waals surface area (Å²) in [6.07, 6.45) is 0.938. The Balaban J connectivity index is 2.62. The van der Waals surface area contributed by atoms with Crippen LogP contribution in [0.5, 0.6) is 5.75 Å². The fourth-order valence-corrected chi connectivity index (χ4v) is 2.32. The van der Waals surface area contributed by atoms with Gasteiger partial charge >= 0.3 is 0 Å². The molecule has 0 saturated carbocycles. The lowest BCUT2D eigenvalue weighted by Crippen LogP contribution is -2.25. The number of aromatic nitrogens is 1. The van der Waals surface area contributed by atoms with Crippen molar-refractivity contribution in [3.8, 4) is 17.0 Å². The molecule has 0 amide bonds. The number of anilines is 1. The normalized spacial score (nSPS) is 10.9. The zero-order chi connectivity index (χ0) is 15.4. The van der Waals surface area contributed by atoms with Gasteiger partial charge in [0.2, 0.25) is 0 Å². The Morgan fingerprint density at radius 3 is 2.57 bits per heavy atom. The average Bonchev–Trinajstić information content (AvgIpc) is 2.47. The zero-order valence-electron chi connectivity index (χ0n) is 12.8. The maximum absolute atomic E-state index is 12.3. The number of nitrogens with two attached hydrogens (primary N) is 1. The van der Waals surface area contributed by atoms with Gasteiger partial charge < -0.3 is 15.0 Å². The number of ether oxygens (including phenoxy) is 1. The Morgan fingerprint density at radius 1 is 1.19 bits per heavy atom. The Kier molecular flexibility index (Phi) is 4.68. The van der Waals surface area contributed by atoms with Gasteiger partial charge in [0.1, 0.15) is 5.75 Å². The van der Waals surface area contributed by atoms with E-state index in [0.29, 0.717) is 6.61 Å². The van der Waals surface area contributed by atoms with Crippen molar-refractivity contribution in [2.75, 3.05) is 12.3 Å². The lowest BCUT2D eigenvalue weighted by Gasteiger charge is -2.19. The summed E-state index contributed by atoms with van der Waals surface area (Å²) >= 11 is 0. The van der Waals surface area contributed by atoms with Crippen molar-refractivity contribution in [3.05, 3.63) is 46.8 Å². The highest BCUT2D eigenvalue weighted by Gasteiger charge is 2.14. The van der Waals surface area contributed by atoms with Gasteiger partial charge in [0, 0.05) is 11.6 Å². The molecule has 2 N–H and O–H groups in total. The van der Waals surface area contributed by atoms with Crippen LogP contribution in [0.1, 0.15) is 33.2 Å². The number of hydrogen-bond acceptors (Lipinski definition) is 3. The van der Waals surface area contributed by atoms with Crippen LogP contribution in [0.25, 0.3) is 11.3 Å². The fourth-order valence-electron chi connectivity index (χ4n) is 2.32. The Bertz CT molecular complexity index is 675. The molecule has 1 aromatic heterocycles. The van der Waals surface area contributed by atoms with Crippen LogP contribution in [0.3, 0.4) is 0 Å². The molecule has 112 valence electrons. The first kappa shape index (κ1) is 15.2. The van der Waals surface area contributed by atoms with Crippen LogP contribution >= 0.6 is 0 Å². The van der Waals surface area contributed by atoms with Crippen molar-refractivity contribution < 1.29 is 4.74 Å². The molecule has 4 nitrogen and oxygen atoms in total. The van der Waals surface area contributed by atoms with Gasteiger partial charge in [-0.25, -0.2) is 0 Å². The zero-order valence-corrected chi connectivity index (χ0v) is 12.8. The first-order valence-corrected chi connectivity index (χ1v) is 7.29. The number of nitrogens with zero attached hydrogens (tertiary/aromatic N) is 1. The van der Waals surface area contributed by atoms with Gasteiger partial charge in [0.25, 0.3) is 5.56 Å². The first-order chi connectivity index (χ1) is 10.1. The van der Waals surface area contributed by atoms with Crippen LogP contribution in [-0.2, 0) is 0 Å². The van der Waals surface area contributed by atoms with E-state index in [9.17, 15) is 4.79 Å². The van der Waals surface area contributed by atoms with Crippen molar-refractivity contribution in [2.45, 2.75) is 33.2 Å². The molecule has 0 fully saturated rings. The quantitative estimate of drug-likeness (QED) is 0.915. The maximum Gasteiger partial charge on any atom is 0.274 e. The molecule has 0 atom stereocenters. The molecule has 0 radical (unpaired) electrons. The van der Waals surface area contributed by atoms with E-state index in [4.69, 9.17) is 10.5 Å². The summed E-state index contributed by atoms with van der Waals surface area (Å²) in [5.74, 6) is 0.790. The van der Waals surface area contributed by atoms with Crippen molar-refractivity contribution in [1.29, 1.82) is 0 Å². The fraction of sp³-hybridized carbons (Fsp3) is 0.353. The Hall–Kier alpha value is -2.23. The molecular weight excluding hydrogens is 264 g/mol. The molecule has 21 heavy (non-hydrogen) atoms. The number of nitrogen functional groups attached to an aromatic ring is 1. The predicted octanol–water partition coefficient (Wildman–Crippen LogP) is 3.47. The van der Waals surface area contributed by atoms with Gasteiger partial charge in [0.05, 0.1) is 18.0 Å². The van der Waals surface area contributed by atoms with Crippen molar-refractivity contribution in [1.82, 2.24) is 4.57 Å². The summed E-state index contributed by atoms with van der Waals surface area (Å²) in [6.45, 7) is 6.66. The van der Waals surface area contributed by atoms with Crippen molar-refractivity contribution in [2.24, 2.45) is 0 Å². The largest absolute Gasteiger partial charge is 0.493 e. The summed E-state index contributed by atoms with van der Waals surface area (Å²) in [4.78, 5) is 12.3. The summed E-state index contributed by atoms with van der Waals surface area (Å²) in [5.41, 5.74) is 7.61. The standard InChI is InChI=1S/C17H22N2O2/c1-4-11-21-16-8-6-5-7-13(16)15-10-9-14(18)17(20)19(15)12(2)3/h5-10,12H,4,11,18H2,1-3H3. The molecule has 1 aromatic carbocycles. The third kappa shape index (κ3) is 3.10. The van der Waals surface area contributed by atoms with E-state index in [1.165, 1.54) is 0 Å². The van der Waals surface area contributed by atoms with Crippen LogP contribution in [0, 0.1) is 0 Å². The van der Waals surface area contributed by atoms with Crippen molar-refractivity contribution >= 4 is 5.69 Å². The molecule has 0 aliphatic carbocycles. The van der Waals surface area contributed by atoms with E-state index < -0.39 is 0 Å². The van der Waals surface area contributed by atoms with E-state index in [2.05, 4.69) is 6.92 Å². The van der Waals surface area contributed by atoms with E-state index in [1.807, 2.05) is 44.2 Å². The maximum atomic E-state index is 12.3. The van der Waals surface area contributed by atoms with Gasteiger partial charge in [-0.15, -0.1) is 0 Å². The topological polar surface area (TPSA) is 57.2 Å². The monoisotopic (exact) mass is 286 g/mol. The summed E-state index contributed by atoms with van der Waals surface area (Å²) in [6, 6.07) is 11.3. The second kappa shape index (κ2) is 6.48. The minimum atomic E-state index is -0.159. The lowest BCUT2D eigenvalue weighted by molar-refractivity contribution is 0.318. The van der Waals surface area contributed by atoms with Crippen LogP contribution in [0.4, 0.5) is 5.69 Å². The van der Waals surface area contributed by atoms with E-state index in [-0.39, 0.29) is 17.3 Å². The second-order valence-electron chi connectivity index (χ2n) is 5.29. The molecule has 2 aromatic rings. The van der Waals surface area contributed by atoms with E-state index in [1.54, 1.807) is 10.6 Å². The minimum absolute atomic E-state index is 0.0234. The van der Waals surface area contributed by atoms with Gasteiger partial charge in [0.15, 0.2) is 0 Å². The van der Waals surface area contributed by atoms with Gasteiger partial charge in [-0.05, 0) is 44.5 Å². The minimum Gasteiger partial charge on any atom is -0.493 e. The van der Waals surface area contributed by atoms with E-state index >= 15 is 0 Å². The molecule has 0 unspecified atom stereocenters. The molecule has 4 heteroatoms. The molecule has 0 spiro atoms. The molecule has 1 heterocycles. The number of rotatable bonds is 5. The molecule has 0 saturated heterocycles.